The van der Waals surface area contributed by atoms with Crippen LogP contribution in [0.2, 0.25) is 0 Å². The average molecular weight is 448 g/mol. The van der Waals surface area contributed by atoms with Crippen LogP contribution in [0.5, 0.6) is 0 Å². The fourth-order valence-electron chi connectivity index (χ4n) is 3.25. The van der Waals surface area contributed by atoms with Gasteiger partial charge in [0.05, 0.1) is 17.0 Å². The summed E-state index contributed by atoms with van der Waals surface area (Å²) < 4.78 is 1.51. The third-order valence-corrected chi connectivity index (χ3v) is 5.53. The van der Waals surface area contributed by atoms with E-state index in [2.05, 4.69) is 20.6 Å². The first kappa shape index (κ1) is 21.4. The predicted molar refractivity (Wildman–Crippen MR) is 127 cm³/mol. The molecule has 32 heavy (non-hydrogen) atoms. The number of carbonyl (C=O) groups is 2. The van der Waals surface area contributed by atoms with Gasteiger partial charge < -0.3 is 15.6 Å². The molecule has 4 aromatic rings. The minimum Gasteiger partial charge on any atom is -0.353 e. The number of aromatic nitrogens is 3. The van der Waals surface area contributed by atoms with Crippen molar-refractivity contribution in [2.24, 2.45) is 0 Å². The molecule has 0 bridgehead atoms. The van der Waals surface area contributed by atoms with Crippen molar-refractivity contribution in [3.8, 4) is 5.69 Å². The molecular weight excluding hydrogens is 426 g/mol. The van der Waals surface area contributed by atoms with E-state index in [1.165, 1.54) is 23.3 Å². The number of thioether (sulfide) groups is 1. The van der Waals surface area contributed by atoms with E-state index < -0.39 is 0 Å². The quantitative estimate of drug-likeness (QED) is 0.308. The first-order valence-corrected chi connectivity index (χ1v) is 10.9. The van der Waals surface area contributed by atoms with Crippen molar-refractivity contribution in [1.29, 1.82) is 0 Å². The van der Waals surface area contributed by atoms with Gasteiger partial charge in [-0.3, -0.25) is 19.0 Å². The van der Waals surface area contributed by atoms with Crippen LogP contribution in [0.15, 0.2) is 70.6 Å². The number of anilines is 2. The zero-order valence-electron chi connectivity index (χ0n) is 17.5. The van der Waals surface area contributed by atoms with Gasteiger partial charge in [0.2, 0.25) is 11.8 Å². The molecule has 0 aliphatic rings. The van der Waals surface area contributed by atoms with Crippen molar-refractivity contribution in [3.63, 3.8) is 0 Å². The monoisotopic (exact) mass is 447 g/mol. The predicted octanol–water partition coefficient (Wildman–Crippen LogP) is 3.71. The molecule has 2 heterocycles. The van der Waals surface area contributed by atoms with Crippen LogP contribution in [0.3, 0.4) is 0 Å². The normalized spacial score (nSPS) is 10.8. The smallest absolute Gasteiger partial charge is 0.283 e. The van der Waals surface area contributed by atoms with Gasteiger partial charge in [-0.25, -0.2) is 4.98 Å². The number of rotatable bonds is 6. The molecule has 0 unspecified atom stereocenters. The highest BCUT2D eigenvalue weighted by Crippen LogP contribution is 2.22. The number of nitrogens with zero attached hydrogens (tertiary/aromatic N) is 2. The summed E-state index contributed by atoms with van der Waals surface area (Å²) in [5, 5.41) is 5.92. The van der Waals surface area contributed by atoms with E-state index in [-0.39, 0.29) is 23.1 Å². The number of benzene rings is 2. The van der Waals surface area contributed by atoms with E-state index in [0.717, 1.165) is 5.69 Å². The molecule has 0 spiro atoms. The number of para-hydroxylation sites is 1. The van der Waals surface area contributed by atoms with Gasteiger partial charge in [-0.15, -0.1) is 0 Å². The third-order valence-electron chi connectivity index (χ3n) is 4.59. The second kappa shape index (κ2) is 9.11. The average Bonchev–Trinajstić information content (AvgIpc) is 3.14. The third kappa shape index (κ3) is 4.73. The molecule has 8 nitrogen and oxygen atoms in total. The van der Waals surface area contributed by atoms with Gasteiger partial charge in [-0.1, -0.05) is 30.0 Å². The zero-order chi connectivity index (χ0) is 22.7. The summed E-state index contributed by atoms with van der Waals surface area (Å²) in [5.41, 5.74) is 3.55. The topological polar surface area (TPSA) is 109 Å². The number of fused-ring (bicyclic) bond motifs is 1. The van der Waals surface area contributed by atoms with Crippen LogP contribution in [-0.4, -0.2) is 32.1 Å². The maximum atomic E-state index is 13.2. The van der Waals surface area contributed by atoms with Crippen LogP contribution < -0.4 is 16.2 Å². The van der Waals surface area contributed by atoms with Crippen molar-refractivity contribution in [2.45, 2.75) is 19.0 Å². The standard InChI is InChI=1S/C23H21N5O3S/c1-14-12-19-21(24-14)22(31)28(18-6-4-3-5-7-18)23(27-19)32-13-20(30)26-17-10-8-16(9-11-17)25-15(2)29/h3-12,24H,13H2,1-2H3,(H,25,29)(H,26,30). The fourth-order valence-corrected chi connectivity index (χ4v) is 4.06. The lowest BCUT2D eigenvalue weighted by molar-refractivity contribution is -0.114. The van der Waals surface area contributed by atoms with Gasteiger partial charge in [0.15, 0.2) is 5.16 Å². The number of aryl methyl sites for hydroxylation is 1. The molecule has 0 radical (unpaired) electrons. The summed E-state index contributed by atoms with van der Waals surface area (Å²) in [7, 11) is 0. The Hall–Kier alpha value is -3.85. The zero-order valence-corrected chi connectivity index (χ0v) is 18.3. The molecular formula is C23H21N5O3S. The summed E-state index contributed by atoms with van der Waals surface area (Å²) in [6.07, 6.45) is 0. The molecule has 2 amide bonds. The second-order valence-corrected chi connectivity index (χ2v) is 8.12. The van der Waals surface area contributed by atoms with Gasteiger partial charge in [-0.05, 0) is 49.4 Å². The van der Waals surface area contributed by atoms with Crippen molar-refractivity contribution in [3.05, 3.63) is 76.7 Å². The van der Waals surface area contributed by atoms with E-state index in [4.69, 9.17) is 0 Å². The Morgan fingerprint density at radius 3 is 2.34 bits per heavy atom. The highest BCUT2D eigenvalue weighted by molar-refractivity contribution is 7.99. The van der Waals surface area contributed by atoms with Crippen LogP contribution in [-0.2, 0) is 9.59 Å². The maximum absolute atomic E-state index is 13.2. The molecule has 3 N–H and O–H groups in total. The lowest BCUT2D eigenvalue weighted by atomic mass is 10.3. The molecule has 162 valence electrons. The molecule has 0 saturated heterocycles. The minimum absolute atomic E-state index is 0.0711. The van der Waals surface area contributed by atoms with E-state index in [9.17, 15) is 14.4 Å². The number of carbonyl (C=O) groups excluding carboxylic acids is 2. The minimum atomic E-state index is -0.235. The van der Waals surface area contributed by atoms with Crippen LogP contribution in [0.1, 0.15) is 12.6 Å². The van der Waals surface area contributed by atoms with Crippen molar-refractivity contribution in [2.75, 3.05) is 16.4 Å². The van der Waals surface area contributed by atoms with Crippen molar-refractivity contribution < 1.29 is 9.59 Å². The SMILES string of the molecule is CC(=O)Nc1ccc(NC(=O)CSc2nc3cc(C)[nH]c3c(=O)n2-c2ccccc2)cc1. The molecule has 0 saturated carbocycles. The molecule has 2 aromatic heterocycles. The van der Waals surface area contributed by atoms with E-state index in [0.29, 0.717) is 33.3 Å². The van der Waals surface area contributed by atoms with Gasteiger partial charge in [0.1, 0.15) is 5.52 Å². The molecule has 9 heteroatoms. The second-order valence-electron chi connectivity index (χ2n) is 7.18. The van der Waals surface area contributed by atoms with E-state index in [1.54, 1.807) is 24.3 Å². The van der Waals surface area contributed by atoms with Gasteiger partial charge >= 0.3 is 0 Å². The lowest BCUT2D eigenvalue weighted by Gasteiger charge is -2.12. The largest absolute Gasteiger partial charge is 0.353 e. The van der Waals surface area contributed by atoms with E-state index in [1.807, 2.05) is 43.3 Å². The number of hydrogen-bond donors (Lipinski definition) is 3. The Balaban J connectivity index is 1.55. The number of hydrogen-bond acceptors (Lipinski definition) is 5. The van der Waals surface area contributed by atoms with Crippen molar-refractivity contribution in [1.82, 2.24) is 14.5 Å². The summed E-state index contributed by atoms with van der Waals surface area (Å²) >= 11 is 1.19. The van der Waals surface area contributed by atoms with Crippen LogP contribution in [0.25, 0.3) is 16.7 Å². The van der Waals surface area contributed by atoms with Gasteiger partial charge in [0.25, 0.3) is 5.56 Å². The Kier molecular flexibility index (Phi) is 6.09. The molecule has 2 aromatic carbocycles. The van der Waals surface area contributed by atoms with E-state index >= 15 is 0 Å². The Bertz CT molecular complexity index is 1340. The number of H-pyrrole nitrogens is 1. The highest BCUT2D eigenvalue weighted by atomic mass is 32.2. The summed E-state index contributed by atoms with van der Waals surface area (Å²) in [4.78, 5) is 44.5. The van der Waals surface area contributed by atoms with Crippen LogP contribution in [0.4, 0.5) is 11.4 Å². The molecule has 0 fully saturated rings. The number of aromatic amines is 1. The summed E-state index contributed by atoms with van der Waals surface area (Å²) in [6.45, 7) is 3.30. The molecule has 0 aliphatic heterocycles. The number of nitrogens with one attached hydrogen (secondary N) is 3. The lowest BCUT2D eigenvalue weighted by Crippen LogP contribution is -2.23. The molecule has 0 atom stereocenters. The van der Waals surface area contributed by atoms with Gasteiger partial charge in [0, 0.05) is 24.0 Å². The first-order chi connectivity index (χ1) is 15.4. The maximum Gasteiger partial charge on any atom is 0.283 e. The summed E-state index contributed by atoms with van der Waals surface area (Å²) in [5.74, 6) is -0.326. The number of amides is 2. The highest BCUT2D eigenvalue weighted by Gasteiger charge is 2.16. The first-order valence-electron chi connectivity index (χ1n) is 9.89. The Labute approximate surface area is 188 Å². The van der Waals surface area contributed by atoms with Gasteiger partial charge in [-0.2, -0.15) is 0 Å². The summed E-state index contributed by atoms with van der Waals surface area (Å²) in [6, 6.07) is 17.9. The molecule has 4 rings (SSSR count). The Morgan fingerprint density at radius 2 is 1.69 bits per heavy atom. The van der Waals surface area contributed by atoms with Crippen molar-refractivity contribution >= 4 is 46.0 Å². The molecule has 0 aliphatic carbocycles. The Morgan fingerprint density at radius 1 is 1.03 bits per heavy atom. The van der Waals surface area contributed by atoms with Crippen LogP contribution in [0, 0.1) is 6.92 Å². The fraction of sp³-hybridized carbons (Fsp3) is 0.130. The van der Waals surface area contributed by atoms with Crippen LogP contribution >= 0.6 is 11.8 Å².